The van der Waals surface area contributed by atoms with Gasteiger partial charge in [-0.25, -0.2) is 0 Å². The Kier molecular flexibility index (Phi) is 10.7. The predicted octanol–water partition coefficient (Wildman–Crippen LogP) is 5.11. The molecule has 15 heavy (non-hydrogen) atoms. The normalized spacial score (nSPS) is 11.9. The van der Waals surface area contributed by atoms with Crippen LogP contribution in [0.4, 0.5) is 0 Å². The SMILES string of the molecule is CCCCCCCCCCOP(=O)(S)S. The second-order valence-corrected chi connectivity index (χ2v) is 9.14. The van der Waals surface area contributed by atoms with Crippen molar-refractivity contribution in [1.29, 1.82) is 0 Å². The zero-order valence-electron chi connectivity index (χ0n) is 9.52. The average Bonchev–Trinajstić information content (AvgIpc) is 2.14. The Bertz CT molecular complexity index is 182. The van der Waals surface area contributed by atoms with Crippen molar-refractivity contribution in [3.8, 4) is 0 Å². The van der Waals surface area contributed by atoms with E-state index in [2.05, 4.69) is 31.4 Å². The minimum atomic E-state index is -2.85. The van der Waals surface area contributed by atoms with Crippen molar-refractivity contribution in [1.82, 2.24) is 0 Å². The predicted molar refractivity (Wildman–Crippen MR) is 74.1 cm³/mol. The van der Waals surface area contributed by atoms with Crippen LogP contribution in [0.3, 0.4) is 0 Å². The van der Waals surface area contributed by atoms with Gasteiger partial charge in [0.1, 0.15) is 0 Å². The average molecular weight is 270 g/mol. The van der Waals surface area contributed by atoms with Gasteiger partial charge in [-0.15, -0.1) is 0 Å². The van der Waals surface area contributed by atoms with Crippen LogP contribution < -0.4 is 0 Å². The van der Waals surface area contributed by atoms with Gasteiger partial charge in [0.25, 0.3) is 0 Å². The summed E-state index contributed by atoms with van der Waals surface area (Å²) in [4.78, 5) is 0. The lowest BCUT2D eigenvalue weighted by Crippen LogP contribution is -1.88. The lowest BCUT2D eigenvalue weighted by Gasteiger charge is -2.05. The van der Waals surface area contributed by atoms with Crippen LogP contribution in [-0.2, 0) is 9.09 Å². The van der Waals surface area contributed by atoms with Gasteiger partial charge in [-0.1, -0.05) is 76.4 Å². The Balaban J connectivity index is 3.02. The second kappa shape index (κ2) is 10.1. The molecule has 0 bridgehead atoms. The van der Waals surface area contributed by atoms with E-state index in [4.69, 9.17) is 4.52 Å². The van der Waals surface area contributed by atoms with E-state index < -0.39 is 5.77 Å². The molecule has 2 nitrogen and oxygen atoms in total. The molecule has 0 N–H and O–H groups in total. The van der Waals surface area contributed by atoms with Gasteiger partial charge in [0.05, 0.1) is 6.61 Å². The Morgan fingerprint density at radius 1 is 0.933 bits per heavy atom. The molecule has 0 aromatic carbocycles. The Morgan fingerprint density at radius 2 is 1.40 bits per heavy atom. The highest BCUT2D eigenvalue weighted by Crippen LogP contribution is 2.56. The van der Waals surface area contributed by atoms with Gasteiger partial charge < -0.3 is 4.52 Å². The van der Waals surface area contributed by atoms with Gasteiger partial charge in [0.15, 0.2) is 0 Å². The van der Waals surface area contributed by atoms with E-state index in [0.29, 0.717) is 6.61 Å². The molecule has 0 atom stereocenters. The lowest BCUT2D eigenvalue weighted by atomic mass is 10.1. The fourth-order valence-electron chi connectivity index (χ4n) is 1.42. The summed E-state index contributed by atoms with van der Waals surface area (Å²) in [5.74, 6) is -2.85. The molecule has 0 saturated carbocycles. The Hall–Kier alpha value is 0.890. The molecule has 0 radical (unpaired) electrons. The first-order valence-electron chi connectivity index (χ1n) is 5.76. The van der Waals surface area contributed by atoms with Crippen molar-refractivity contribution in [2.45, 2.75) is 58.3 Å². The van der Waals surface area contributed by atoms with Crippen LogP contribution in [-0.4, -0.2) is 6.61 Å². The summed E-state index contributed by atoms with van der Waals surface area (Å²) in [6, 6.07) is 0. The van der Waals surface area contributed by atoms with E-state index >= 15 is 0 Å². The van der Waals surface area contributed by atoms with Crippen molar-refractivity contribution >= 4 is 30.3 Å². The number of thiol groups is 2. The summed E-state index contributed by atoms with van der Waals surface area (Å²) in [5, 5.41) is 0. The van der Waals surface area contributed by atoms with Crippen LogP contribution in [0.1, 0.15) is 58.3 Å². The molecule has 0 aliphatic carbocycles. The summed E-state index contributed by atoms with van der Waals surface area (Å²) in [7, 11) is 0. The molecule has 0 aliphatic heterocycles. The maximum absolute atomic E-state index is 10.9. The highest BCUT2D eigenvalue weighted by Gasteiger charge is 2.08. The fraction of sp³-hybridized carbons (Fsp3) is 1.00. The van der Waals surface area contributed by atoms with E-state index in [-0.39, 0.29) is 0 Å². The van der Waals surface area contributed by atoms with Crippen LogP contribution in [0.15, 0.2) is 0 Å². The fourth-order valence-corrected chi connectivity index (χ4v) is 2.28. The van der Waals surface area contributed by atoms with E-state index in [1.54, 1.807) is 0 Å². The molecule has 0 unspecified atom stereocenters. The highest BCUT2D eigenvalue weighted by molar-refractivity contribution is 8.79. The van der Waals surface area contributed by atoms with Crippen molar-refractivity contribution in [2.75, 3.05) is 6.61 Å². The number of hydrogen-bond donors (Lipinski definition) is 2. The quantitative estimate of drug-likeness (QED) is 0.328. The zero-order chi connectivity index (χ0) is 11.6. The largest absolute Gasteiger partial charge is 0.314 e. The van der Waals surface area contributed by atoms with Crippen LogP contribution in [0.2, 0.25) is 0 Å². The van der Waals surface area contributed by atoms with E-state index in [0.717, 1.165) is 12.8 Å². The summed E-state index contributed by atoms with van der Waals surface area (Å²) in [5.41, 5.74) is 0. The molecule has 0 aromatic rings. The smallest absolute Gasteiger partial charge is 0.307 e. The van der Waals surface area contributed by atoms with Crippen molar-refractivity contribution in [3.05, 3.63) is 0 Å². The summed E-state index contributed by atoms with van der Waals surface area (Å²) in [6.07, 6.45) is 10.0. The maximum atomic E-state index is 10.9. The highest BCUT2D eigenvalue weighted by atomic mass is 33.1. The number of rotatable bonds is 10. The van der Waals surface area contributed by atoms with E-state index in [1.165, 1.54) is 38.5 Å². The molecule has 0 aliphatic rings. The first kappa shape index (κ1) is 15.9. The zero-order valence-corrected chi connectivity index (χ0v) is 12.2. The summed E-state index contributed by atoms with van der Waals surface area (Å²) < 4.78 is 15.9. The van der Waals surface area contributed by atoms with Gasteiger partial charge in [0, 0.05) is 0 Å². The van der Waals surface area contributed by atoms with Crippen molar-refractivity contribution < 1.29 is 9.09 Å². The molecule has 5 heteroatoms. The van der Waals surface area contributed by atoms with Gasteiger partial charge in [-0.2, -0.15) is 0 Å². The topological polar surface area (TPSA) is 26.3 Å². The van der Waals surface area contributed by atoms with Gasteiger partial charge in [0.2, 0.25) is 0 Å². The molecule has 0 heterocycles. The lowest BCUT2D eigenvalue weighted by molar-refractivity contribution is 0.322. The van der Waals surface area contributed by atoms with E-state index in [9.17, 15) is 4.57 Å². The van der Waals surface area contributed by atoms with Gasteiger partial charge in [-0.3, -0.25) is 4.57 Å². The molecular weight excluding hydrogens is 247 g/mol. The van der Waals surface area contributed by atoms with E-state index in [1.807, 2.05) is 0 Å². The molecule has 0 spiro atoms. The molecule has 92 valence electrons. The van der Waals surface area contributed by atoms with Crippen LogP contribution >= 0.6 is 30.3 Å². The van der Waals surface area contributed by atoms with Crippen molar-refractivity contribution in [3.63, 3.8) is 0 Å². The molecule has 0 amide bonds. The summed E-state index contributed by atoms with van der Waals surface area (Å²) in [6.45, 7) is 2.74. The molecule has 0 saturated heterocycles. The summed E-state index contributed by atoms with van der Waals surface area (Å²) >= 11 is 7.47. The third kappa shape index (κ3) is 14.9. The van der Waals surface area contributed by atoms with Gasteiger partial charge >= 0.3 is 5.77 Å². The number of hydrogen-bond acceptors (Lipinski definition) is 2. The Morgan fingerprint density at radius 3 is 1.87 bits per heavy atom. The number of unbranched alkanes of at least 4 members (excludes halogenated alkanes) is 7. The third-order valence-electron chi connectivity index (χ3n) is 2.26. The minimum absolute atomic E-state index is 0.513. The molecule has 0 rings (SSSR count). The van der Waals surface area contributed by atoms with Gasteiger partial charge in [-0.05, 0) is 6.42 Å². The Labute approximate surface area is 104 Å². The van der Waals surface area contributed by atoms with Crippen LogP contribution in [0, 0.1) is 0 Å². The first-order valence-corrected chi connectivity index (χ1v) is 9.69. The standard InChI is InChI=1S/C10H23O2PS2/c1-2-3-4-5-6-7-8-9-10-12-13(11,14)15/h2-10H2,1H3,(H2,11,14,15). The van der Waals surface area contributed by atoms with Crippen LogP contribution in [0.25, 0.3) is 0 Å². The monoisotopic (exact) mass is 270 g/mol. The molecule has 0 fully saturated rings. The third-order valence-corrected chi connectivity index (χ3v) is 3.47. The van der Waals surface area contributed by atoms with Crippen molar-refractivity contribution in [2.24, 2.45) is 0 Å². The molecular formula is C10H23O2PS2. The maximum Gasteiger partial charge on any atom is 0.307 e. The second-order valence-electron chi connectivity index (χ2n) is 3.80. The first-order chi connectivity index (χ1) is 7.06. The molecule has 0 aromatic heterocycles. The van der Waals surface area contributed by atoms with Crippen LogP contribution in [0.5, 0.6) is 0 Å². The minimum Gasteiger partial charge on any atom is -0.314 e.